The van der Waals surface area contributed by atoms with Gasteiger partial charge in [0.15, 0.2) is 0 Å². The van der Waals surface area contributed by atoms with Gasteiger partial charge in [0, 0.05) is 11.1 Å². The Labute approximate surface area is 172 Å². The number of rotatable bonds is 2. The molecule has 2 N–H and O–H groups in total. The maximum Gasteiger partial charge on any atom is 0.265 e. The number of carbonyl (C=O) groups excluding carboxylic acids is 1. The number of aromatic nitrogens is 1. The van der Waals surface area contributed by atoms with E-state index in [9.17, 15) is 4.79 Å². The van der Waals surface area contributed by atoms with Gasteiger partial charge in [0.05, 0.1) is 5.69 Å². The van der Waals surface area contributed by atoms with Crippen molar-refractivity contribution in [3.05, 3.63) is 82.4 Å². The Bertz CT molecular complexity index is 1250. The predicted molar refractivity (Wildman–Crippen MR) is 117 cm³/mol. The molecule has 1 aliphatic heterocycles. The molecule has 3 heterocycles. The molecule has 0 fully saturated rings. The Kier molecular flexibility index (Phi) is 3.71. The summed E-state index contributed by atoms with van der Waals surface area (Å²) in [6.07, 6.45) is 2.95. The van der Waals surface area contributed by atoms with Gasteiger partial charge in [-0.05, 0) is 41.5 Å². The molecule has 5 heteroatoms. The van der Waals surface area contributed by atoms with Crippen molar-refractivity contribution in [2.75, 3.05) is 5.32 Å². The third-order valence-electron chi connectivity index (χ3n) is 5.83. The number of thiophene rings is 1. The van der Waals surface area contributed by atoms with Crippen molar-refractivity contribution < 1.29 is 4.79 Å². The second-order valence-corrected chi connectivity index (χ2v) is 8.58. The average molecular weight is 398 g/mol. The Morgan fingerprint density at radius 3 is 2.48 bits per heavy atom. The quantitative estimate of drug-likeness (QED) is 0.482. The van der Waals surface area contributed by atoms with Gasteiger partial charge in [0.2, 0.25) is 0 Å². The first-order chi connectivity index (χ1) is 14.3. The van der Waals surface area contributed by atoms with Crippen molar-refractivity contribution >= 4 is 33.1 Å². The monoisotopic (exact) mass is 397 g/mol. The number of nitrogens with zero attached hydrogens (tertiary/aromatic N) is 1. The van der Waals surface area contributed by atoms with E-state index in [2.05, 4.69) is 34.9 Å². The summed E-state index contributed by atoms with van der Waals surface area (Å²) in [4.78, 5) is 19.6. The topological polar surface area (TPSA) is 54.0 Å². The highest BCUT2D eigenvalue weighted by atomic mass is 32.1. The highest BCUT2D eigenvalue weighted by Crippen LogP contribution is 2.47. The number of benzene rings is 2. The molecule has 2 aliphatic rings. The molecule has 0 saturated heterocycles. The predicted octanol–water partition coefficient (Wildman–Crippen LogP) is 5.31. The minimum absolute atomic E-state index is 0.0326. The molecule has 4 nitrogen and oxygen atoms in total. The van der Waals surface area contributed by atoms with Crippen LogP contribution in [0, 0.1) is 0 Å². The summed E-state index contributed by atoms with van der Waals surface area (Å²) >= 11 is 1.49. The van der Waals surface area contributed by atoms with Gasteiger partial charge in [0.1, 0.15) is 15.9 Å². The van der Waals surface area contributed by atoms with Gasteiger partial charge in [-0.1, -0.05) is 60.7 Å². The molecule has 0 radical (unpaired) electrons. The molecule has 0 unspecified atom stereocenters. The van der Waals surface area contributed by atoms with Gasteiger partial charge in [-0.2, -0.15) is 0 Å². The zero-order valence-corrected chi connectivity index (χ0v) is 16.6. The zero-order valence-electron chi connectivity index (χ0n) is 15.7. The molecule has 2 aromatic heterocycles. The smallest absolute Gasteiger partial charge is 0.265 e. The van der Waals surface area contributed by atoms with Crippen molar-refractivity contribution in [3.8, 4) is 11.1 Å². The largest absolute Gasteiger partial charge is 0.360 e. The first-order valence-electron chi connectivity index (χ1n) is 9.95. The molecule has 1 amide bonds. The van der Waals surface area contributed by atoms with Crippen molar-refractivity contribution in [2.24, 2.45) is 0 Å². The number of anilines is 1. The molecular formula is C24H19N3OS. The molecule has 1 aliphatic carbocycles. The maximum absolute atomic E-state index is 13.0. The third kappa shape index (κ3) is 2.58. The van der Waals surface area contributed by atoms with Gasteiger partial charge in [0.25, 0.3) is 5.91 Å². The molecule has 1 atom stereocenters. The average Bonchev–Trinajstić information content (AvgIpc) is 3.38. The molecule has 142 valence electrons. The minimum Gasteiger partial charge on any atom is -0.360 e. The Hall–Kier alpha value is -3.18. The zero-order chi connectivity index (χ0) is 19.4. The Morgan fingerprint density at radius 1 is 0.931 bits per heavy atom. The number of carbonyl (C=O) groups is 1. The van der Waals surface area contributed by atoms with Crippen molar-refractivity contribution in [1.29, 1.82) is 0 Å². The van der Waals surface area contributed by atoms with Crippen LogP contribution >= 0.6 is 11.3 Å². The van der Waals surface area contributed by atoms with E-state index >= 15 is 0 Å². The van der Waals surface area contributed by atoms with Gasteiger partial charge >= 0.3 is 0 Å². The molecule has 0 spiro atoms. The van der Waals surface area contributed by atoms with Crippen LogP contribution in [-0.4, -0.2) is 10.9 Å². The molecule has 2 aromatic carbocycles. The van der Waals surface area contributed by atoms with Crippen LogP contribution in [0.25, 0.3) is 21.3 Å². The van der Waals surface area contributed by atoms with Gasteiger partial charge in [-0.3, -0.25) is 4.79 Å². The van der Waals surface area contributed by atoms with E-state index in [1.54, 1.807) is 0 Å². The van der Waals surface area contributed by atoms with E-state index in [1.807, 2.05) is 36.4 Å². The molecule has 6 rings (SSSR count). The van der Waals surface area contributed by atoms with Crippen LogP contribution in [0.1, 0.15) is 39.1 Å². The summed E-state index contributed by atoms with van der Waals surface area (Å²) in [5.74, 6) is -0.0326. The van der Waals surface area contributed by atoms with E-state index in [0.717, 1.165) is 45.6 Å². The van der Waals surface area contributed by atoms with Crippen LogP contribution < -0.4 is 10.6 Å². The van der Waals surface area contributed by atoms with Gasteiger partial charge in [-0.15, -0.1) is 11.3 Å². The minimum atomic E-state index is -0.245. The molecule has 0 bridgehead atoms. The number of fused-ring (bicyclic) bond motifs is 4. The van der Waals surface area contributed by atoms with Crippen LogP contribution in [-0.2, 0) is 12.8 Å². The van der Waals surface area contributed by atoms with E-state index in [1.165, 1.54) is 33.7 Å². The first-order valence-corrected chi connectivity index (χ1v) is 10.8. The van der Waals surface area contributed by atoms with Gasteiger partial charge in [-0.25, -0.2) is 4.98 Å². The number of nitrogens with one attached hydrogen (secondary N) is 2. The van der Waals surface area contributed by atoms with Crippen LogP contribution in [0.2, 0.25) is 0 Å². The van der Waals surface area contributed by atoms with Crippen molar-refractivity contribution in [1.82, 2.24) is 10.3 Å². The lowest BCUT2D eigenvalue weighted by Gasteiger charge is -2.27. The van der Waals surface area contributed by atoms with E-state index in [-0.39, 0.29) is 12.1 Å². The number of hydrogen-bond donors (Lipinski definition) is 2. The standard InChI is InChI=1S/C24H19N3OS/c28-23-21-20(26-22(27-23)15-10-5-2-6-11-15)19-18(14-8-3-1-4-9-14)16-12-7-13-17(16)25-24(19)29-21/h1-6,8-11,22,26H,7,12-13H2,(H,27,28)/t22-/m0/s1. The van der Waals surface area contributed by atoms with Crippen LogP contribution in [0.4, 0.5) is 5.69 Å². The Morgan fingerprint density at radius 2 is 1.69 bits per heavy atom. The number of pyridine rings is 1. The summed E-state index contributed by atoms with van der Waals surface area (Å²) < 4.78 is 0. The fourth-order valence-electron chi connectivity index (χ4n) is 4.53. The number of hydrogen-bond acceptors (Lipinski definition) is 4. The van der Waals surface area contributed by atoms with Crippen LogP contribution in [0.5, 0.6) is 0 Å². The second kappa shape index (κ2) is 6.42. The summed E-state index contributed by atoms with van der Waals surface area (Å²) in [5.41, 5.74) is 6.94. The molecular weight excluding hydrogens is 378 g/mol. The maximum atomic E-state index is 13.0. The normalized spacial score (nSPS) is 17.5. The summed E-state index contributed by atoms with van der Waals surface area (Å²) in [7, 11) is 0. The second-order valence-electron chi connectivity index (χ2n) is 7.58. The van der Waals surface area contributed by atoms with Crippen molar-refractivity contribution in [2.45, 2.75) is 25.4 Å². The lowest BCUT2D eigenvalue weighted by atomic mass is 9.95. The SMILES string of the molecule is O=C1N[C@@H](c2ccccc2)Nc2c1sc1nc3c(c(-c4ccccc4)c21)CCC3. The fourth-order valence-corrected chi connectivity index (χ4v) is 5.60. The molecule has 0 saturated carbocycles. The van der Waals surface area contributed by atoms with E-state index in [4.69, 9.17) is 4.98 Å². The number of amides is 1. The third-order valence-corrected chi connectivity index (χ3v) is 6.91. The lowest BCUT2D eigenvalue weighted by molar-refractivity contribution is 0.0940. The summed E-state index contributed by atoms with van der Waals surface area (Å²) in [6, 6.07) is 20.6. The Balaban J connectivity index is 1.62. The van der Waals surface area contributed by atoms with Crippen LogP contribution in [0.3, 0.4) is 0 Å². The van der Waals surface area contributed by atoms with E-state index < -0.39 is 0 Å². The van der Waals surface area contributed by atoms with E-state index in [0.29, 0.717) is 0 Å². The molecule has 29 heavy (non-hydrogen) atoms. The lowest BCUT2D eigenvalue weighted by Crippen LogP contribution is -2.37. The number of aryl methyl sites for hydroxylation is 1. The summed E-state index contributed by atoms with van der Waals surface area (Å²) in [6.45, 7) is 0. The molecule has 4 aromatic rings. The first kappa shape index (κ1) is 16.7. The summed E-state index contributed by atoms with van der Waals surface area (Å²) in [5, 5.41) is 7.80. The highest BCUT2D eigenvalue weighted by molar-refractivity contribution is 7.21. The van der Waals surface area contributed by atoms with Gasteiger partial charge < -0.3 is 10.6 Å². The fraction of sp³-hybridized carbons (Fsp3) is 0.167. The highest BCUT2D eigenvalue weighted by Gasteiger charge is 2.32. The van der Waals surface area contributed by atoms with Crippen LogP contribution in [0.15, 0.2) is 60.7 Å². The van der Waals surface area contributed by atoms with Crippen molar-refractivity contribution in [3.63, 3.8) is 0 Å².